The highest BCUT2D eigenvalue weighted by molar-refractivity contribution is 9.10. The Bertz CT molecular complexity index is 577. The van der Waals surface area contributed by atoms with Crippen molar-refractivity contribution in [2.75, 3.05) is 0 Å². The molecule has 2 aromatic rings. The van der Waals surface area contributed by atoms with Gasteiger partial charge in [0.25, 0.3) is 0 Å². The Morgan fingerprint density at radius 1 is 1.37 bits per heavy atom. The van der Waals surface area contributed by atoms with Crippen molar-refractivity contribution in [3.63, 3.8) is 0 Å². The first-order valence-corrected chi connectivity index (χ1v) is 7.45. The van der Waals surface area contributed by atoms with Gasteiger partial charge in [0.1, 0.15) is 17.2 Å². The monoisotopic (exact) mass is 327 g/mol. The summed E-state index contributed by atoms with van der Waals surface area (Å²) in [7, 11) is 0. The van der Waals surface area contributed by atoms with Crippen LogP contribution >= 0.6 is 15.9 Å². The number of furan rings is 1. The first kappa shape index (κ1) is 14.5. The summed E-state index contributed by atoms with van der Waals surface area (Å²) < 4.78 is 19.9. The van der Waals surface area contributed by atoms with Gasteiger partial charge in [0.15, 0.2) is 0 Å². The lowest BCUT2D eigenvalue weighted by atomic mass is 10.1. The summed E-state index contributed by atoms with van der Waals surface area (Å²) in [5.41, 5.74) is 1.82. The highest BCUT2D eigenvalue weighted by atomic mass is 79.9. The molecule has 0 spiro atoms. The molecular formula is C15H19BrFNO. The first-order chi connectivity index (χ1) is 9.02. The van der Waals surface area contributed by atoms with Crippen LogP contribution in [0.2, 0.25) is 0 Å². The van der Waals surface area contributed by atoms with E-state index in [1.807, 2.05) is 6.07 Å². The number of aryl methyl sites for hydroxylation is 1. The molecule has 0 aliphatic rings. The van der Waals surface area contributed by atoms with Crippen LogP contribution in [0.1, 0.15) is 38.5 Å². The number of fused-ring (bicyclic) bond motifs is 1. The molecule has 1 N–H and O–H groups in total. The van der Waals surface area contributed by atoms with Crippen molar-refractivity contribution in [1.29, 1.82) is 0 Å². The normalized spacial score (nSPS) is 11.7. The van der Waals surface area contributed by atoms with Crippen LogP contribution in [0.25, 0.3) is 11.0 Å². The van der Waals surface area contributed by atoms with Crippen LogP contribution in [0.3, 0.4) is 0 Å². The van der Waals surface area contributed by atoms with Gasteiger partial charge in [0, 0.05) is 23.1 Å². The fraction of sp³-hybridized carbons (Fsp3) is 0.467. The first-order valence-electron chi connectivity index (χ1n) is 6.65. The van der Waals surface area contributed by atoms with Gasteiger partial charge in [-0.05, 0) is 28.4 Å². The predicted molar refractivity (Wildman–Crippen MR) is 79.8 cm³/mol. The van der Waals surface area contributed by atoms with Crippen molar-refractivity contribution >= 4 is 26.9 Å². The smallest absolute Gasteiger partial charge is 0.141 e. The van der Waals surface area contributed by atoms with Gasteiger partial charge in [0.2, 0.25) is 0 Å². The van der Waals surface area contributed by atoms with E-state index >= 15 is 0 Å². The summed E-state index contributed by atoms with van der Waals surface area (Å²) in [6, 6.07) is 3.67. The standard InChI is InChI=1S/C15H19BrFNO/c1-4-5-10-11-6-12(16)13(17)7-14(11)19-15(10)8-18-9(2)3/h6-7,9,18H,4-5,8H2,1-3H3. The fourth-order valence-electron chi connectivity index (χ4n) is 2.16. The van der Waals surface area contributed by atoms with Crippen LogP contribution in [0.4, 0.5) is 4.39 Å². The van der Waals surface area contributed by atoms with Gasteiger partial charge in [-0.15, -0.1) is 0 Å². The van der Waals surface area contributed by atoms with E-state index in [0.717, 1.165) is 24.0 Å². The summed E-state index contributed by atoms with van der Waals surface area (Å²) in [6.45, 7) is 7.01. The minimum Gasteiger partial charge on any atom is -0.459 e. The maximum absolute atomic E-state index is 13.6. The number of benzene rings is 1. The van der Waals surface area contributed by atoms with Crippen LogP contribution in [0, 0.1) is 5.82 Å². The molecule has 0 aliphatic heterocycles. The van der Waals surface area contributed by atoms with E-state index in [0.29, 0.717) is 22.6 Å². The second kappa shape index (κ2) is 6.06. The molecule has 1 aromatic carbocycles. The fourth-order valence-corrected chi connectivity index (χ4v) is 2.50. The molecule has 1 aromatic heterocycles. The van der Waals surface area contributed by atoms with E-state index in [1.54, 1.807) is 0 Å². The highest BCUT2D eigenvalue weighted by Gasteiger charge is 2.15. The Hall–Kier alpha value is -0.870. The highest BCUT2D eigenvalue weighted by Crippen LogP contribution is 2.31. The maximum Gasteiger partial charge on any atom is 0.141 e. The zero-order valence-corrected chi connectivity index (χ0v) is 13.1. The minimum atomic E-state index is -0.285. The molecule has 4 heteroatoms. The van der Waals surface area contributed by atoms with E-state index in [4.69, 9.17) is 4.42 Å². The van der Waals surface area contributed by atoms with Crippen LogP contribution in [-0.2, 0) is 13.0 Å². The molecule has 0 saturated carbocycles. The quantitative estimate of drug-likeness (QED) is 0.854. The Labute approximate surface area is 121 Å². The number of nitrogens with one attached hydrogen (secondary N) is 1. The van der Waals surface area contributed by atoms with Gasteiger partial charge in [-0.2, -0.15) is 0 Å². The molecule has 104 valence electrons. The molecule has 19 heavy (non-hydrogen) atoms. The SMILES string of the molecule is CCCc1c(CNC(C)C)oc2cc(F)c(Br)cc12. The lowest BCUT2D eigenvalue weighted by Crippen LogP contribution is -2.22. The van der Waals surface area contributed by atoms with Crippen molar-refractivity contribution in [1.82, 2.24) is 5.32 Å². The van der Waals surface area contributed by atoms with Crippen LogP contribution < -0.4 is 5.32 Å². The number of rotatable bonds is 5. The van der Waals surface area contributed by atoms with Crippen LogP contribution in [0.5, 0.6) is 0 Å². The zero-order chi connectivity index (χ0) is 14.0. The minimum absolute atomic E-state index is 0.285. The van der Waals surface area contributed by atoms with Crippen LogP contribution in [-0.4, -0.2) is 6.04 Å². The molecule has 0 amide bonds. The predicted octanol–water partition coefficient (Wildman–Crippen LogP) is 4.78. The second-order valence-electron chi connectivity index (χ2n) is 5.05. The third-order valence-corrected chi connectivity index (χ3v) is 3.70. The molecule has 0 unspecified atom stereocenters. The van der Waals surface area contributed by atoms with Gasteiger partial charge in [0.05, 0.1) is 11.0 Å². The molecule has 2 nitrogen and oxygen atoms in total. The molecule has 0 saturated heterocycles. The number of hydrogen-bond acceptors (Lipinski definition) is 2. The van der Waals surface area contributed by atoms with Gasteiger partial charge >= 0.3 is 0 Å². The van der Waals surface area contributed by atoms with Gasteiger partial charge in [-0.3, -0.25) is 0 Å². The van der Waals surface area contributed by atoms with E-state index in [9.17, 15) is 4.39 Å². The summed E-state index contributed by atoms with van der Waals surface area (Å²) in [6.07, 6.45) is 1.98. The van der Waals surface area contributed by atoms with Gasteiger partial charge in [-0.1, -0.05) is 27.2 Å². The van der Waals surface area contributed by atoms with E-state index in [-0.39, 0.29) is 5.82 Å². The summed E-state index contributed by atoms with van der Waals surface area (Å²) >= 11 is 3.24. The topological polar surface area (TPSA) is 25.2 Å². The summed E-state index contributed by atoms with van der Waals surface area (Å²) in [4.78, 5) is 0. The van der Waals surface area contributed by atoms with Gasteiger partial charge in [-0.25, -0.2) is 4.39 Å². The Morgan fingerprint density at radius 3 is 2.74 bits per heavy atom. The zero-order valence-electron chi connectivity index (χ0n) is 11.5. The number of hydrogen-bond donors (Lipinski definition) is 1. The number of halogens is 2. The van der Waals surface area contributed by atoms with Gasteiger partial charge < -0.3 is 9.73 Å². The van der Waals surface area contributed by atoms with Crippen molar-refractivity contribution in [2.24, 2.45) is 0 Å². The van der Waals surface area contributed by atoms with Crippen molar-refractivity contribution in [2.45, 2.75) is 46.2 Å². The maximum atomic E-state index is 13.6. The Balaban J connectivity index is 2.47. The van der Waals surface area contributed by atoms with E-state index in [2.05, 4.69) is 42.0 Å². The second-order valence-corrected chi connectivity index (χ2v) is 5.91. The third-order valence-electron chi connectivity index (χ3n) is 3.09. The van der Waals surface area contributed by atoms with Crippen molar-refractivity contribution in [3.8, 4) is 0 Å². The lowest BCUT2D eigenvalue weighted by Gasteiger charge is -2.07. The Kier molecular flexibility index (Phi) is 4.63. The average molecular weight is 328 g/mol. The summed E-state index contributed by atoms with van der Waals surface area (Å²) in [5, 5.41) is 4.36. The largest absolute Gasteiger partial charge is 0.459 e. The Morgan fingerprint density at radius 2 is 2.11 bits per heavy atom. The molecular weight excluding hydrogens is 309 g/mol. The molecule has 0 fully saturated rings. The van der Waals surface area contributed by atoms with Crippen molar-refractivity contribution < 1.29 is 8.81 Å². The van der Waals surface area contributed by atoms with Crippen LogP contribution in [0.15, 0.2) is 21.0 Å². The molecule has 0 aliphatic carbocycles. The van der Waals surface area contributed by atoms with E-state index in [1.165, 1.54) is 11.6 Å². The van der Waals surface area contributed by atoms with E-state index < -0.39 is 0 Å². The molecule has 1 heterocycles. The molecule has 2 rings (SSSR count). The summed E-state index contributed by atoms with van der Waals surface area (Å²) in [5.74, 6) is 0.635. The molecule has 0 atom stereocenters. The lowest BCUT2D eigenvalue weighted by molar-refractivity contribution is 0.481. The third kappa shape index (κ3) is 3.18. The molecule has 0 radical (unpaired) electrons. The molecule has 0 bridgehead atoms. The van der Waals surface area contributed by atoms with Crippen molar-refractivity contribution in [3.05, 3.63) is 33.7 Å². The average Bonchev–Trinajstić information content (AvgIpc) is 2.66.